The van der Waals surface area contributed by atoms with Gasteiger partial charge in [-0.25, -0.2) is 4.98 Å². The highest BCUT2D eigenvalue weighted by Gasteiger charge is 2.14. The largest absolute Gasteiger partial charge is 0.493 e. The number of ether oxygens (including phenoxy) is 2. The number of hydrogen-bond acceptors (Lipinski definition) is 5. The van der Waals surface area contributed by atoms with Crippen LogP contribution < -0.4 is 15.0 Å². The molecule has 0 N–H and O–H groups in total. The van der Waals surface area contributed by atoms with Crippen LogP contribution in [0, 0.1) is 0 Å². The van der Waals surface area contributed by atoms with Crippen LogP contribution in [0.4, 0.5) is 0 Å². The maximum Gasteiger partial charge on any atom is 0.282 e. The van der Waals surface area contributed by atoms with E-state index in [-0.39, 0.29) is 5.56 Å². The third-order valence-corrected chi connectivity index (χ3v) is 7.32. The molecular weight excluding hydrogens is 677 g/mol. The quantitative estimate of drug-likeness (QED) is 0.177. The van der Waals surface area contributed by atoms with Crippen molar-refractivity contribution in [2.24, 2.45) is 5.10 Å². The summed E-state index contributed by atoms with van der Waals surface area (Å²) in [5.41, 5.74) is 2.01. The summed E-state index contributed by atoms with van der Waals surface area (Å²) in [4.78, 5) is 17.9. The second kappa shape index (κ2) is 11.9. The molecule has 36 heavy (non-hydrogen) atoms. The lowest BCUT2D eigenvalue weighted by Crippen LogP contribution is -2.22. The zero-order valence-electron chi connectivity index (χ0n) is 19.4. The van der Waals surface area contributed by atoms with Crippen molar-refractivity contribution in [3.63, 3.8) is 0 Å². The minimum atomic E-state index is -0.237. The van der Waals surface area contributed by atoms with E-state index >= 15 is 0 Å². The topological polar surface area (TPSA) is 65.7 Å². The average molecular weight is 699 g/mol. The van der Waals surface area contributed by atoms with Gasteiger partial charge in [0.15, 0.2) is 11.5 Å². The first-order chi connectivity index (χ1) is 17.3. The average Bonchev–Trinajstić information content (AvgIpc) is 2.84. The van der Waals surface area contributed by atoms with Crippen molar-refractivity contribution in [3.8, 4) is 11.5 Å². The summed E-state index contributed by atoms with van der Waals surface area (Å²) in [6.07, 6.45) is 3.00. The van der Waals surface area contributed by atoms with Gasteiger partial charge in [0.05, 0.1) is 29.2 Å². The van der Waals surface area contributed by atoms with Crippen LogP contribution in [0.3, 0.4) is 0 Å². The fraction of sp³-hybridized carbons (Fsp3) is 0.192. The zero-order chi connectivity index (χ0) is 25.8. The molecule has 1 heterocycles. The normalized spacial score (nSPS) is 11.4. The Morgan fingerprint density at radius 1 is 1.08 bits per heavy atom. The Labute approximate surface area is 238 Å². The van der Waals surface area contributed by atoms with Gasteiger partial charge in [0.2, 0.25) is 0 Å². The van der Waals surface area contributed by atoms with Crippen LogP contribution in [0.15, 0.2) is 71.8 Å². The number of aromatic nitrogens is 2. The number of methoxy groups -OCH3 is 1. The van der Waals surface area contributed by atoms with Gasteiger partial charge in [-0.15, -0.1) is 0 Å². The molecule has 0 atom stereocenters. The van der Waals surface area contributed by atoms with Crippen molar-refractivity contribution in [1.29, 1.82) is 0 Å². The molecule has 0 radical (unpaired) electrons. The van der Waals surface area contributed by atoms with Crippen molar-refractivity contribution in [1.82, 2.24) is 9.66 Å². The summed E-state index contributed by atoms with van der Waals surface area (Å²) in [6, 6.07) is 14.8. The lowest BCUT2D eigenvalue weighted by Gasteiger charge is -2.14. The minimum Gasteiger partial charge on any atom is -0.493 e. The molecule has 0 saturated carbocycles. The first-order valence-corrected chi connectivity index (χ1v) is 13.8. The Kier molecular flexibility index (Phi) is 8.87. The van der Waals surface area contributed by atoms with E-state index in [0.717, 1.165) is 25.4 Å². The molecule has 6 nitrogen and oxygen atoms in total. The van der Waals surface area contributed by atoms with Gasteiger partial charge in [-0.1, -0.05) is 72.4 Å². The van der Waals surface area contributed by atoms with E-state index in [2.05, 4.69) is 57.9 Å². The highest BCUT2D eigenvalue weighted by atomic mass is 79.9. The lowest BCUT2D eigenvalue weighted by atomic mass is 10.2. The Bertz CT molecular complexity index is 1520. The van der Waals surface area contributed by atoms with Crippen LogP contribution in [-0.2, 0) is 13.0 Å². The van der Waals surface area contributed by atoms with Gasteiger partial charge >= 0.3 is 0 Å². The standard InChI is InChI=1S/C26H21Br3ClN3O3/c1-3-4-24-32-22-8-7-17(27)11-19(22)26(34)33(24)31-13-15-9-21(30)25(23(10-15)35-2)36-14-16-5-6-18(28)12-20(16)29/h5-13H,3-4,14H2,1-2H3. The maximum atomic E-state index is 13.2. The van der Waals surface area contributed by atoms with Gasteiger partial charge in [-0.2, -0.15) is 9.78 Å². The van der Waals surface area contributed by atoms with Crippen molar-refractivity contribution < 1.29 is 9.47 Å². The summed E-state index contributed by atoms with van der Waals surface area (Å²) in [5.74, 6) is 1.47. The molecule has 0 saturated heterocycles. The van der Waals surface area contributed by atoms with Crippen LogP contribution in [0.2, 0.25) is 5.02 Å². The third kappa shape index (κ3) is 6.02. The Morgan fingerprint density at radius 2 is 1.83 bits per heavy atom. The predicted molar refractivity (Wildman–Crippen MR) is 155 cm³/mol. The molecule has 1 aromatic heterocycles. The number of fused-ring (bicyclic) bond motifs is 1. The highest BCUT2D eigenvalue weighted by molar-refractivity contribution is 9.11. The lowest BCUT2D eigenvalue weighted by molar-refractivity contribution is 0.284. The number of benzene rings is 3. The second-order valence-electron chi connectivity index (χ2n) is 7.86. The molecule has 3 aromatic carbocycles. The second-order valence-corrected chi connectivity index (χ2v) is 11.0. The molecular formula is C26H21Br3ClN3O3. The molecule has 0 spiro atoms. The molecule has 0 unspecified atom stereocenters. The van der Waals surface area contributed by atoms with E-state index in [4.69, 9.17) is 21.1 Å². The van der Waals surface area contributed by atoms with E-state index in [1.807, 2.05) is 37.3 Å². The first-order valence-electron chi connectivity index (χ1n) is 11.0. The summed E-state index contributed by atoms with van der Waals surface area (Å²) in [6.45, 7) is 2.33. The van der Waals surface area contributed by atoms with Crippen LogP contribution >= 0.6 is 59.4 Å². The van der Waals surface area contributed by atoms with E-state index < -0.39 is 0 Å². The van der Waals surface area contributed by atoms with Gasteiger partial charge in [0.25, 0.3) is 5.56 Å². The van der Waals surface area contributed by atoms with Gasteiger partial charge in [-0.05, 0) is 54.4 Å². The number of hydrogen-bond donors (Lipinski definition) is 0. The molecule has 4 rings (SSSR count). The zero-order valence-corrected chi connectivity index (χ0v) is 24.9. The molecule has 0 aliphatic heterocycles. The van der Waals surface area contributed by atoms with E-state index in [1.165, 1.54) is 4.68 Å². The number of nitrogens with zero attached hydrogens (tertiary/aromatic N) is 3. The van der Waals surface area contributed by atoms with Gasteiger partial charge < -0.3 is 9.47 Å². The highest BCUT2D eigenvalue weighted by Crippen LogP contribution is 2.37. The number of halogens is 4. The molecule has 4 aromatic rings. The molecule has 0 aliphatic carbocycles. The third-order valence-electron chi connectivity index (χ3n) is 5.31. The van der Waals surface area contributed by atoms with E-state index in [9.17, 15) is 4.79 Å². The fourth-order valence-electron chi connectivity index (χ4n) is 3.57. The SMILES string of the molecule is CCCc1nc2ccc(Br)cc2c(=O)n1N=Cc1cc(Cl)c(OCc2ccc(Br)cc2Br)c(OC)c1. The predicted octanol–water partition coefficient (Wildman–Crippen LogP) is 7.76. The molecule has 0 bridgehead atoms. The summed E-state index contributed by atoms with van der Waals surface area (Å²) in [5, 5.41) is 5.32. The molecule has 0 fully saturated rings. The Balaban J connectivity index is 1.67. The van der Waals surface area contributed by atoms with Crippen LogP contribution in [0.5, 0.6) is 11.5 Å². The van der Waals surface area contributed by atoms with Crippen LogP contribution in [-0.4, -0.2) is 23.0 Å². The van der Waals surface area contributed by atoms with E-state index in [1.54, 1.807) is 31.5 Å². The minimum absolute atomic E-state index is 0.237. The van der Waals surface area contributed by atoms with Crippen LogP contribution in [0.1, 0.15) is 30.3 Å². The first kappa shape index (κ1) is 26.9. The Morgan fingerprint density at radius 3 is 2.56 bits per heavy atom. The van der Waals surface area contributed by atoms with Gasteiger partial charge in [0, 0.05) is 25.4 Å². The van der Waals surface area contributed by atoms with Crippen molar-refractivity contribution in [2.75, 3.05) is 7.11 Å². The van der Waals surface area contributed by atoms with Gasteiger partial charge in [0.1, 0.15) is 12.4 Å². The monoisotopic (exact) mass is 695 g/mol. The number of rotatable bonds is 8. The molecule has 186 valence electrons. The summed E-state index contributed by atoms with van der Waals surface area (Å²) < 4.78 is 15.6. The molecule has 0 aliphatic rings. The van der Waals surface area contributed by atoms with Gasteiger partial charge in [-0.3, -0.25) is 4.79 Å². The summed E-state index contributed by atoms with van der Waals surface area (Å²) >= 11 is 17.0. The van der Waals surface area contributed by atoms with Crippen molar-refractivity contribution in [2.45, 2.75) is 26.4 Å². The fourth-order valence-corrected chi connectivity index (χ4v) is 5.36. The smallest absolute Gasteiger partial charge is 0.282 e. The summed E-state index contributed by atoms with van der Waals surface area (Å²) in [7, 11) is 1.55. The number of aryl methyl sites for hydroxylation is 1. The van der Waals surface area contributed by atoms with Crippen molar-refractivity contribution in [3.05, 3.63) is 94.3 Å². The Hall–Kier alpha value is -2.20. The molecule has 0 amide bonds. The van der Waals surface area contributed by atoms with Crippen LogP contribution in [0.25, 0.3) is 10.9 Å². The molecule has 10 heteroatoms. The van der Waals surface area contributed by atoms with Crippen molar-refractivity contribution >= 4 is 76.5 Å². The van der Waals surface area contributed by atoms with E-state index in [0.29, 0.717) is 51.8 Å². The maximum absolute atomic E-state index is 13.2.